The van der Waals surface area contributed by atoms with Gasteiger partial charge in [-0.2, -0.15) is 0 Å². The molecule has 0 aliphatic rings. The second-order valence-electron chi connectivity index (χ2n) is 4.61. The summed E-state index contributed by atoms with van der Waals surface area (Å²) in [6.45, 7) is 0.800. The largest absolute Gasteiger partial charge is 0.294 e. The van der Waals surface area contributed by atoms with Crippen molar-refractivity contribution in [3.05, 3.63) is 61.3 Å². The number of rotatable bonds is 6. The maximum atomic E-state index is 12.1. The van der Waals surface area contributed by atoms with Gasteiger partial charge >= 0.3 is 0 Å². The molecule has 0 spiro atoms. The van der Waals surface area contributed by atoms with Crippen LogP contribution in [0.25, 0.3) is 0 Å². The van der Waals surface area contributed by atoms with Gasteiger partial charge in [-0.3, -0.25) is 19.8 Å². The quantitative estimate of drug-likeness (QED) is 0.462. The smallest absolute Gasteiger partial charge is 0.270 e. The number of benzene rings is 1. The predicted molar refractivity (Wildman–Crippen MR) is 83.1 cm³/mol. The van der Waals surface area contributed by atoms with Crippen molar-refractivity contribution in [3.8, 4) is 0 Å². The zero-order valence-electron chi connectivity index (χ0n) is 11.3. The van der Waals surface area contributed by atoms with Crippen molar-refractivity contribution in [3.63, 3.8) is 0 Å². The molecule has 1 aromatic heterocycles. The van der Waals surface area contributed by atoms with Gasteiger partial charge in [-0.1, -0.05) is 23.7 Å². The summed E-state index contributed by atoms with van der Waals surface area (Å²) in [7, 11) is 1.82. The van der Waals surface area contributed by atoms with Crippen molar-refractivity contribution in [1.82, 2.24) is 4.90 Å². The van der Waals surface area contributed by atoms with E-state index in [0.29, 0.717) is 16.4 Å². The number of nitro groups is 1. The van der Waals surface area contributed by atoms with Crippen molar-refractivity contribution >= 4 is 34.4 Å². The summed E-state index contributed by atoms with van der Waals surface area (Å²) in [5, 5.41) is 10.7. The van der Waals surface area contributed by atoms with Gasteiger partial charge in [0.15, 0.2) is 5.78 Å². The van der Waals surface area contributed by atoms with Crippen LogP contribution in [0.5, 0.6) is 0 Å². The summed E-state index contributed by atoms with van der Waals surface area (Å²) < 4.78 is 0.711. The van der Waals surface area contributed by atoms with Crippen LogP contribution in [-0.2, 0) is 6.54 Å². The van der Waals surface area contributed by atoms with E-state index >= 15 is 0 Å². The molecule has 0 N–H and O–H groups in total. The third-order valence-corrected chi connectivity index (χ3v) is 4.06. The molecule has 0 amide bonds. The molecule has 5 nitrogen and oxygen atoms in total. The van der Waals surface area contributed by atoms with Crippen LogP contribution in [0.2, 0.25) is 4.34 Å². The fourth-order valence-corrected chi connectivity index (χ4v) is 3.06. The number of thiophene rings is 1. The highest BCUT2D eigenvalue weighted by atomic mass is 35.5. The zero-order chi connectivity index (χ0) is 15.4. The number of ketones is 1. The Morgan fingerprint density at radius 3 is 2.76 bits per heavy atom. The standard InChI is InChI=1S/C14H13ClN2O3S/c1-16(8-12-5-6-14(15)21-12)9-13(18)10-3-2-4-11(7-10)17(19)20/h2-7H,8-9H2,1H3. The molecule has 21 heavy (non-hydrogen) atoms. The summed E-state index contributed by atoms with van der Waals surface area (Å²) in [4.78, 5) is 25.3. The van der Waals surface area contributed by atoms with Crippen LogP contribution in [0.15, 0.2) is 36.4 Å². The molecule has 0 fully saturated rings. The molecule has 0 atom stereocenters. The van der Waals surface area contributed by atoms with E-state index in [1.54, 1.807) is 6.07 Å². The second kappa shape index (κ2) is 6.80. The third kappa shape index (κ3) is 4.35. The Hall–Kier alpha value is -1.76. The molecular weight excluding hydrogens is 312 g/mol. The Morgan fingerprint density at radius 1 is 1.38 bits per heavy atom. The van der Waals surface area contributed by atoms with Crippen LogP contribution in [0.4, 0.5) is 5.69 Å². The molecular formula is C14H13ClN2O3S. The van der Waals surface area contributed by atoms with E-state index in [1.165, 1.54) is 29.5 Å². The number of carbonyl (C=O) groups is 1. The van der Waals surface area contributed by atoms with Crippen LogP contribution in [0.3, 0.4) is 0 Å². The molecule has 0 radical (unpaired) electrons. The number of nitro benzene ring substituents is 1. The number of likely N-dealkylation sites (N-methyl/N-ethyl adjacent to an activating group) is 1. The van der Waals surface area contributed by atoms with Gasteiger partial charge < -0.3 is 0 Å². The molecule has 0 aliphatic carbocycles. The first-order valence-corrected chi connectivity index (χ1v) is 7.35. The molecule has 2 aromatic rings. The lowest BCUT2D eigenvalue weighted by Crippen LogP contribution is -2.25. The summed E-state index contributed by atoms with van der Waals surface area (Å²) in [6.07, 6.45) is 0. The molecule has 1 heterocycles. The minimum atomic E-state index is -0.506. The summed E-state index contributed by atoms with van der Waals surface area (Å²) in [6, 6.07) is 9.51. The molecule has 0 bridgehead atoms. The van der Waals surface area contributed by atoms with Crippen LogP contribution in [0.1, 0.15) is 15.2 Å². The molecule has 0 saturated heterocycles. The zero-order valence-corrected chi connectivity index (χ0v) is 12.9. The monoisotopic (exact) mass is 324 g/mol. The van der Waals surface area contributed by atoms with Crippen LogP contribution >= 0.6 is 22.9 Å². The highest BCUT2D eigenvalue weighted by Gasteiger charge is 2.14. The number of non-ortho nitro benzene ring substituents is 1. The Morgan fingerprint density at radius 2 is 2.14 bits per heavy atom. The van der Waals surface area contributed by atoms with Crippen molar-refractivity contribution in [2.75, 3.05) is 13.6 Å². The highest BCUT2D eigenvalue weighted by Crippen LogP contribution is 2.22. The van der Waals surface area contributed by atoms with Gasteiger partial charge in [-0.15, -0.1) is 11.3 Å². The molecule has 0 unspecified atom stereocenters. The minimum Gasteiger partial charge on any atom is -0.294 e. The van der Waals surface area contributed by atoms with Gasteiger partial charge in [-0.05, 0) is 19.2 Å². The van der Waals surface area contributed by atoms with Gasteiger partial charge in [0.1, 0.15) is 0 Å². The van der Waals surface area contributed by atoms with Gasteiger partial charge in [-0.25, -0.2) is 0 Å². The SMILES string of the molecule is CN(CC(=O)c1cccc([N+](=O)[O-])c1)Cc1ccc(Cl)s1. The van der Waals surface area contributed by atoms with Gasteiger partial charge in [0.2, 0.25) is 0 Å². The average Bonchev–Trinajstić information content (AvgIpc) is 2.83. The number of hydrogen-bond donors (Lipinski definition) is 0. The normalized spacial score (nSPS) is 10.8. The first kappa shape index (κ1) is 15.6. The number of halogens is 1. The lowest BCUT2D eigenvalue weighted by Gasteiger charge is -2.14. The Labute approximate surface area is 130 Å². The van der Waals surface area contributed by atoms with E-state index in [9.17, 15) is 14.9 Å². The minimum absolute atomic E-state index is 0.0754. The molecule has 0 saturated carbocycles. The summed E-state index contributed by atoms with van der Waals surface area (Å²) >= 11 is 7.33. The first-order valence-electron chi connectivity index (χ1n) is 6.16. The Balaban J connectivity index is 2.00. The van der Waals surface area contributed by atoms with Crippen molar-refractivity contribution in [2.24, 2.45) is 0 Å². The van der Waals surface area contributed by atoms with E-state index in [2.05, 4.69) is 0 Å². The first-order chi connectivity index (χ1) is 9.95. The van der Waals surface area contributed by atoms with Crippen molar-refractivity contribution < 1.29 is 9.72 Å². The number of hydrogen-bond acceptors (Lipinski definition) is 5. The number of nitrogens with zero attached hydrogens (tertiary/aromatic N) is 2. The predicted octanol–water partition coefficient (Wildman–Crippen LogP) is 3.62. The molecule has 7 heteroatoms. The molecule has 0 aliphatic heterocycles. The van der Waals surface area contributed by atoms with E-state index in [4.69, 9.17) is 11.6 Å². The van der Waals surface area contributed by atoms with Crippen molar-refractivity contribution in [1.29, 1.82) is 0 Å². The number of Topliss-reactive ketones (excluding diaryl/α,β-unsaturated/α-hetero) is 1. The maximum absolute atomic E-state index is 12.1. The fraction of sp³-hybridized carbons (Fsp3) is 0.214. The molecule has 110 valence electrons. The summed E-state index contributed by atoms with van der Waals surface area (Å²) in [5.74, 6) is -0.149. The van der Waals surface area contributed by atoms with Gasteiger partial charge in [0, 0.05) is 29.1 Å². The average molecular weight is 325 g/mol. The van der Waals surface area contributed by atoms with Gasteiger partial charge in [0.05, 0.1) is 15.8 Å². The van der Waals surface area contributed by atoms with Crippen LogP contribution < -0.4 is 0 Å². The fourth-order valence-electron chi connectivity index (χ4n) is 1.89. The third-order valence-electron chi connectivity index (χ3n) is 2.85. The maximum Gasteiger partial charge on any atom is 0.270 e. The highest BCUT2D eigenvalue weighted by molar-refractivity contribution is 7.16. The van der Waals surface area contributed by atoms with E-state index < -0.39 is 4.92 Å². The van der Waals surface area contributed by atoms with E-state index in [1.807, 2.05) is 24.1 Å². The molecule has 2 rings (SSSR count). The lowest BCUT2D eigenvalue weighted by atomic mass is 10.1. The summed E-state index contributed by atoms with van der Waals surface area (Å²) in [5.41, 5.74) is 0.272. The Kier molecular flexibility index (Phi) is 5.06. The molecule has 1 aromatic carbocycles. The van der Waals surface area contributed by atoms with Crippen molar-refractivity contribution in [2.45, 2.75) is 6.54 Å². The van der Waals surface area contributed by atoms with E-state index in [0.717, 1.165) is 4.88 Å². The van der Waals surface area contributed by atoms with Crippen LogP contribution in [0, 0.1) is 10.1 Å². The Bertz CT molecular complexity index is 672. The lowest BCUT2D eigenvalue weighted by molar-refractivity contribution is -0.384. The topological polar surface area (TPSA) is 63.5 Å². The second-order valence-corrected chi connectivity index (χ2v) is 6.41. The number of carbonyl (C=O) groups excluding carboxylic acids is 1. The van der Waals surface area contributed by atoms with Crippen LogP contribution in [-0.4, -0.2) is 29.2 Å². The van der Waals surface area contributed by atoms with E-state index in [-0.39, 0.29) is 18.0 Å². The van der Waals surface area contributed by atoms with Gasteiger partial charge in [0.25, 0.3) is 5.69 Å².